The number of halogens is 1. The van der Waals surface area contributed by atoms with Gasteiger partial charge in [0.25, 0.3) is 5.91 Å². The Bertz CT molecular complexity index is 805. The summed E-state index contributed by atoms with van der Waals surface area (Å²) in [6.45, 7) is 4.07. The molecule has 2 aromatic carbocycles. The van der Waals surface area contributed by atoms with Gasteiger partial charge in [0.15, 0.2) is 0 Å². The van der Waals surface area contributed by atoms with Crippen molar-refractivity contribution >= 4 is 29.1 Å². The number of para-hydroxylation sites is 1. The lowest BCUT2D eigenvalue weighted by Crippen LogP contribution is -2.38. The smallest absolute Gasteiger partial charge is 0.254 e. The lowest BCUT2D eigenvalue weighted by molar-refractivity contribution is -0.126. The monoisotopic (exact) mass is 358 g/mol. The zero-order chi connectivity index (χ0) is 18.0. The average molecular weight is 359 g/mol. The highest BCUT2D eigenvalue weighted by atomic mass is 35.5. The van der Waals surface area contributed by atoms with Crippen LogP contribution in [0.25, 0.3) is 0 Å². The third kappa shape index (κ3) is 3.61. The first kappa shape index (κ1) is 17.3. The fourth-order valence-electron chi connectivity index (χ4n) is 2.90. The van der Waals surface area contributed by atoms with E-state index in [1.807, 2.05) is 31.2 Å². The summed E-state index contributed by atoms with van der Waals surface area (Å²) in [6, 6.07) is 12.3. The molecule has 2 aromatic rings. The first-order chi connectivity index (χ1) is 12.0. The molecular formula is C19H19ClN2O3. The summed E-state index contributed by atoms with van der Waals surface area (Å²) in [7, 11) is 0. The molecule has 0 aromatic heterocycles. The van der Waals surface area contributed by atoms with Crippen LogP contribution < -0.4 is 15.0 Å². The van der Waals surface area contributed by atoms with Gasteiger partial charge in [-0.25, -0.2) is 0 Å². The molecule has 1 heterocycles. The summed E-state index contributed by atoms with van der Waals surface area (Å²) in [4.78, 5) is 25.7. The molecule has 0 spiro atoms. The Kier molecular flexibility index (Phi) is 4.95. The van der Waals surface area contributed by atoms with Gasteiger partial charge in [-0.05, 0) is 25.1 Å². The Balaban J connectivity index is 1.76. The fourth-order valence-corrected chi connectivity index (χ4v) is 3.19. The minimum absolute atomic E-state index is 0.203. The molecule has 0 aliphatic carbocycles. The lowest BCUT2D eigenvalue weighted by Gasteiger charge is -2.19. The molecule has 1 aliphatic rings. The van der Waals surface area contributed by atoms with Crippen molar-refractivity contribution in [3.8, 4) is 5.75 Å². The maximum Gasteiger partial charge on any atom is 0.254 e. The van der Waals surface area contributed by atoms with E-state index in [2.05, 4.69) is 5.32 Å². The summed E-state index contributed by atoms with van der Waals surface area (Å²) in [5.74, 6) is 0.280. The predicted molar refractivity (Wildman–Crippen MR) is 97.0 cm³/mol. The molecule has 0 radical (unpaired) electrons. The normalized spacial score (nSPS) is 15.9. The number of ether oxygens (including phenoxy) is 1. The van der Waals surface area contributed by atoms with Crippen LogP contribution in [0.3, 0.4) is 0 Å². The van der Waals surface area contributed by atoms with Crippen LogP contribution in [0.1, 0.15) is 24.1 Å². The summed E-state index contributed by atoms with van der Waals surface area (Å²) in [5, 5.41) is 3.17. The first-order valence-electron chi connectivity index (χ1n) is 8.03. The molecule has 130 valence electrons. The molecule has 1 aliphatic heterocycles. The number of hydrogen-bond donors (Lipinski definition) is 1. The van der Waals surface area contributed by atoms with Crippen molar-refractivity contribution in [1.29, 1.82) is 0 Å². The zero-order valence-corrected chi connectivity index (χ0v) is 14.8. The highest BCUT2D eigenvalue weighted by Crippen LogP contribution is 2.40. The van der Waals surface area contributed by atoms with E-state index in [0.717, 1.165) is 11.3 Å². The fraction of sp³-hybridized carbons (Fsp3) is 0.263. The van der Waals surface area contributed by atoms with Gasteiger partial charge in [-0.1, -0.05) is 41.4 Å². The molecule has 2 amide bonds. The highest BCUT2D eigenvalue weighted by molar-refractivity contribution is 6.34. The van der Waals surface area contributed by atoms with Crippen LogP contribution in [0.2, 0.25) is 5.02 Å². The van der Waals surface area contributed by atoms with Crippen LogP contribution in [-0.2, 0) is 9.59 Å². The molecule has 5 nitrogen and oxygen atoms in total. The van der Waals surface area contributed by atoms with Crippen LogP contribution in [0.4, 0.5) is 5.69 Å². The van der Waals surface area contributed by atoms with Gasteiger partial charge in [0.05, 0.1) is 17.3 Å². The molecule has 6 heteroatoms. The minimum Gasteiger partial charge on any atom is -0.492 e. The van der Waals surface area contributed by atoms with Crippen LogP contribution in [0.15, 0.2) is 42.5 Å². The van der Waals surface area contributed by atoms with Gasteiger partial charge in [-0.3, -0.25) is 9.59 Å². The topological polar surface area (TPSA) is 58.6 Å². The molecule has 0 fully saturated rings. The number of hydrogen-bond acceptors (Lipinski definition) is 3. The molecule has 1 N–H and O–H groups in total. The number of aryl methyl sites for hydroxylation is 1. The molecular weight excluding hydrogens is 340 g/mol. The van der Waals surface area contributed by atoms with E-state index in [1.165, 1.54) is 6.92 Å². The molecule has 0 bridgehead atoms. The quantitative estimate of drug-likeness (QED) is 0.892. The van der Waals surface area contributed by atoms with E-state index in [0.29, 0.717) is 29.4 Å². The first-order valence-corrected chi connectivity index (χ1v) is 8.41. The molecule has 3 rings (SSSR count). The second-order valence-corrected chi connectivity index (χ2v) is 6.37. The second kappa shape index (κ2) is 7.15. The summed E-state index contributed by atoms with van der Waals surface area (Å²) in [6.07, 6.45) is 0. The number of rotatable bonds is 5. The van der Waals surface area contributed by atoms with Crippen molar-refractivity contribution in [3.05, 3.63) is 58.6 Å². The Morgan fingerprint density at radius 2 is 1.96 bits per heavy atom. The van der Waals surface area contributed by atoms with Crippen molar-refractivity contribution in [2.24, 2.45) is 0 Å². The van der Waals surface area contributed by atoms with Crippen LogP contribution in [0, 0.1) is 6.92 Å². The Hall–Kier alpha value is -2.53. The molecule has 25 heavy (non-hydrogen) atoms. The van der Waals surface area contributed by atoms with Crippen molar-refractivity contribution in [2.45, 2.75) is 19.9 Å². The second-order valence-electron chi connectivity index (χ2n) is 5.96. The van der Waals surface area contributed by atoms with Gasteiger partial charge >= 0.3 is 0 Å². The van der Waals surface area contributed by atoms with Crippen molar-refractivity contribution in [1.82, 2.24) is 5.32 Å². The number of benzene rings is 2. The molecule has 0 saturated carbocycles. The van der Waals surface area contributed by atoms with Gasteiger partial charge in [0.2, 0.25) is 5.91 Å². The van der Waals surface area contributed by atoms with Gasteiger partial charge in [-0.2, -0.15) is 0 Å². The van der Waals surface area contributed by atoms with Crippen LogP contribution in [-0.4, -0.2) is 25.0 Å². The number of anilines is 1. The van der Waals surface area contributed by atoms with E-state index in [4.69, 9.17) is 16.3 Å². The number of carbonyl (C=O) groups excluding carboxylic acids is 2. The lowest BCUT2D eigenvalue weighted by atomic mass is 10.1. The van der Waals surface area contributed by atoms with Crippen LogP contribution in [0.5, 0.6) is 5.75 Å². The van der Waals surface area contributed by atoms with Crippen molar-refractivity contribution in [2.75, 3.05) is 18.1 Å². The Morgan fingerprint density at radius 1 is 1.24 bits per heavy atom. The van der Waals surface area contributed by atoms with Crippen molar-refractivity contribution in [3.63, 3.8) is 0 Å². The highest BCUT2D eigenvalue weighted by Gasteiger charge is 2.38. The summed E-state index contributed by atoms with van der Waals surface area (Å²) >= 11 is 6.30. The third-order valence-electron chi connectivity index (χ3n) is 4.06. The molecule has 0 saturated heterocycles. The van der Waals surface area contributed by atoms with E-state index >= 15 is 0 Å². The Morgan fingerprint density at radius 3 is 2.64 bits per heavy atom. The van der Waals surface area contributed by atoms with E-state index < -0.39 is 6.04 Å². The standard InChI is InChI=1S/C19H19ClN2O3/c1-12-6-8-14(9-7-12)25-11-10-22-18-15(4-3-5-16(18)20)17(19(22)24)21-13(2)23/h3-9,17H,10-11H2,1-2H3,(H,21,23)/t17-/m1/s1. The van der Waals surface area contributed by atoms with E-state index in [-0.39, 0.29) is 11.8 Å². The Labute approximate surface area is 151 Å². The maximum absolute atomic E-state index is 12.7. The molecule has 1 atom stereocenters. The van der Waals surface area contributed by atoms with Gasteiger partial charge < -0.3 is 15.0 Å². The number of nitrogens with zero attached hydrogens (tertiary/aromatic N) is 1. The predicted octanol–water partition coefficient (Wildman–Crippen LogP) is 3.25. The number of amides is 2. The van der Waals surface area contributed by atoms with Crippen molar-refractivity contribution < 1.29 is 14.3 Å². The number of carbonyl (C=O) groups is 2. The van der Waals surface area contributed by atoms with Crippen LogP contribution >= 0.6 is 11.6 Å². The largest absolute Gasteiger partial charge is 0.492 e. The summed E-state index contributed by atoms with van der Waals surface area (Å²) in [5.41, 5.74) is 2.50. The van der Waals surface area contributed by atoms with E-state index in [9.17, 15) is 9.59 Å². The van der Waals surface area contributed by atoms with Gasteiger partial charge in [0.1, 0.15) is 18.4 Å². The third-order valence-corrected chi connectivity index (χ3v) is 4.37. The van der Waals surface area contributed by atoms with E-state index in [1.54, 1.807) is 23.1 Å². The minimum atomic E-state index is -0.703. The number of fused-ring (bicyclic) bond motifs is 1. The summed E-state index contributed by atoms with van der Waals surface area (Å²) < 4.78 is 5.72. The zero-order valence-electron chi connectivity index (χ0n) is 14.1. The maximum atomic E-state index is 12.7. The van der Waals surface area contributed by atoms with Gasteiger partial charge in [-0.15, -0.1) is 0 Å². The SMILES string of the molecule is CC(=O)N[C@H]1C(=O)N(CCOc2ccc(C)cc2)c2c(Cl)cccc21. The molecule has 0 unspecified atom stereocenters. The number of nitrogens with one attached hydrogen (secondary N) is 1. The van der Waals surface area contributed by atoms with Gasteiger partial charge in [0, 0.05) is 12.5 Å². The average Bonchev–Trinajstić information content (AvgIpc) is 2.83.